The minimum absolute atomic E-state index is 0.0483. The quantitative estimate of drug-likeness (QED) is 0.109. The molecule has 24 aromatic carbocycles. The molecule has 0 unspecified atom stereocenters. The molecule has 1 aliphatic carbocycles. The van der Waals surface area contributed by atoms with Crippen LogP contribution in [-0.4, -0.2) is 44.9 Å². The number of thiophene rings is 1. The average molecular weight is 1920 g/mol. The van der Waals surface area contributed by atoms with Gasteiger partial charge in [-0.25, -0.2) is 44.9 Å². The lowest BCUT2D eigenvalue weighted by molar-refractivity contribution is 0.661. The topological polar surface area (TPSA) is 129 Å². The van der Waals surface area contributed by atoms with Gasteiger partial charge in [0.15, 0.2) is 52.4 Å². The van der Waals surface area contributed by atoms with Gasteiger partial charge in [0.2, 0.25) is 0 Å². The predicted octanol–water partition coefficient (Wildman–Crippen LogP) is 36.6. The maximum absolute atomic E-state index is 6.30. The molecule has 0 radical (unpaired) electrons. The van der Waals surface area contributed by atoms with Crippen molar-refractivity contribution in [1.82, 2.24) is 44.9 Å². The number of fused-ring (bicyclic) bond motifs is 27. The van der Waals surface area contributed by atoms with Gasteiger partial charge < -0.3 is 4.42 Å². The van der Waals surface area contributed by atoms with Crippen molar-refractivity contribution in [3.05, 3.63) is 503 Å². The van der Waals surface area contributed by atoms with E-state index in [1.54, 1.807) is 0 Å². The lowest BCUT2D eigenvalue weighted by Gasteiger charge is -2.21. The van der Waals surface area contributed by atoms with E-state index >= 15 is 0 Å². The van der Waals surface area contributed by atoms with Crippen molar-refractivity contribution < 1.29 is 4.42 Å². The smallest absolute Gasteiger partial charge is 0.164 e. The highest BCUT2D eigenvalue weighted by atomic mass is 32.1. The van der Waals surface area contributed by atoms with Crippen molar-refractivity contribution in [2.75, 3.05) is 0 Å². The molecule has 1 aliphatic rings. The van der Waals surface area contributed by atoms with Crippen LogP contribution in [0.1, 0.15) is 25.0 Å². The Morgan fingerprint density at radius 3 is 0.866 bits per heavy atom. The van der Waals surface area contributed by atoms with Crippen molar-refractivity contribution in [3.63, 3.8) is 0 Å². The van der Waals surface area contributed by atoms with Crippen molar-refractivity contribution in [1.29, 1.82) is 0 Å². The number of aromatic nitrogens is 9. The van der Waals surface area contributed by atoms with Crippen LogP contribution in [0, 0.1) is 0 Å². The summed E-state index contributed by atoms with van der Waals surface area (Å²) in [6, 6.07) is 173. The molecule has 0 aliphatic heterocycles. The summed E-state index contributed by atoms with van der Waals surface area (Å²) in [7, 11) is 0. The van der Waals surface area contributed by atoms with E-state index in [1.165, 1.54) is 145 Å². The molecule has 10 nitrogen and oxygen atoms in total. The monoisotopic (exact) mass is 1920 g/mol. The summed E-state index contributed by atoms with van der Waals surface area (Å²) in [5.41, 5.74) is 22.7. The number of rotatable bonds is 12. The molecule has 0 bridgehead atoms. The maximum atomic E-state index is 6.30. The lowest BCUT2D eigenvalue weighted by atomic mass is 9.81. The van der Waals surface area contributed by atoms with Gasteiger partial charge in [-0.05, 0) is 208 Å². The molecular weight excluding hydrogens is 1830 g/mol. The van der Waals surface area contributed by atoms with E-state index in [4.69, 9.17) is 49.3 Å². The van der Waals surface area contributed by atoms with Crippen LogP contribution in [0.5, 0.6) is 0 Å². The predicted molar refractivity (Wildman–Crippen MR) is 620 cm³/mol. The van der Waals surface area contributed by atoms with Crippen LogP contribution >= 0.6 is 11.3 Å². The summed E-state index contributed by atoms with van der Waals surface area (Å²) in [4.78, 5) is 44.4. The first-order chi connectivity index (χ1) is 73.6. The lowest BCUT2D eigenvalue weighted by Crippen LogP contribution is -2.14. The molecule has 11 heteroatoms. The summed E-state index contributed by atoms with van der Waals surface area (Å²) >= 11 is 1.87. The van der Waals surface area contributed by atoms with E-state index in [1.807, 2.05) is 205 Å². The summed E-state index contributed by atoms with van der Waals surface area (Å²) in [5.74, 6) is 5.89. The zero-order valence-electron chi connectivity index (χ0n) is 81.1. The van der Waals surface area contributed by atoms with E-state index in [0.29, 0.717) is 52.4 Å². The summed E-state index contributed by atoms with van der Waals surface area (Å²) in [5, 5.41) is 27.7. The second-order valence-corrected chi connectivity index (χ2v) is 40.0. The molecule has 5 heterocycles. The summed E-state index contributed by atoms with van der Waals surface area (Å²) in [6.07, 6.45) is 0. The first-order valence-corrected chi connectivity index (χ1v) is 51.2. The minimum atomic E-state index is -0.0483. The van der Waals surface area contributed by atoms with Gasteiger partial charge in [-0.1, -0.05) is 445 Å². The first-order valence-electron chi connectivity index (χ1n) is 50.4. The molecule has 0 spiro atoms. The number of hydrogen-bond acceptors (Lipinski definition) is 11. The average Bonchev–Trinajstić information content (AvgIpc) is 1.53. The number of furan rings is 1. The molecule has 0 saturated carbocycles. The summed E-state index contributed by atoms with van der Waals surface area (Å²) < 4.78 is 8.95. The largest absolute Gasteiger partial charge is 0.456 e. The molecule has 696 valence electrons. The Hall–Kier alpha value is -19.3. The van der Waals surface area contributed by atoms with Gasteiger partial charge in [-0.15, -0.1) is 11.3 Å². The Morgan fingerprint density at radius 2 is 0.456 bits per heavy atom. The van der Waals surface area contributed by atoms with Crippen LogP contribution in [0.2, 0.25) is 0 Å². The third-order valence-corrected chi connectivity index (χ3v) is 30.8. The molecule has 0 N–H and O–H groups in total. The number of para-hydroxylation sites is 1. The normalized spacial score (nSPS) is 12.1. The Kier molecular flexibility index (Phi) is 21.3. The molecule has 5 aromatic heterocycles. The highest BCUT2D eigenvalue weighted by molar-refractivity contribution is 7.26. The zero-order chi connectivity index (χ0) is 98.7. The molecule has 0 atom stereocenters. The number of hydrogen-bond donors (Lipinski definition) is 0. The van der Waals surface area contributed by atoms with Crippen molar-refractivity contribution in [2.45, 2.75) is 19.3 Å². The van der Waals surface area contributed by atoms with Gasteiger partial charge in [-0.3, -0.25) is 0 Å². The van der Waals surface area contributed by atoms with E-state index in [0.717, 1.165) is 100 Å². The van der Waals surface area contributed by atoms with Crippen LogP contribution in [0.4, 0.5) is 0 Å². The van der Waals surface area contributed by atoms with Crippen molar-refractivity contribution >= 4 is 150 Å². The Morgan fingerprint density at radius 1 is 0.168 bits per heavy atom. The van der Waals surface area contributed by atoms with E-state index in [2.05, 4.69) is 311 Å². The van der Waals surface area contributed by atoms with Gasteiger partial charge in [0, 0.05) is 91.8 Å². The van der Waals surface area contributed by atoms with Crippen LogP contribution in [0.25, 0.3) is 286 Å². The Balaban J connectivity index is 0.000000108. The molecule has 29 aromatic rings. The SMILES string of the molecule is CC1(C)c2ccccc2-c2c1ccc1ccc3ccc4cc(-c5cccc(-c6nc(-c7ccccc7)nc(-c7ccccc7)n6)c5)ccc4c3c21.c1ccc(-c2nc(-c3ccccc3)nc(-c3cccc(-c4ccc5c(ccc6ccc7ccc8oc9ccccc9c8c7c65)c4)c3)n2)cc1.c1ccc(-c2nc(-c3ccccc3)nc(-c3cccc(-c4ccc5c(ccc6ccc7ccc8sc9ccccc9c8c7c65)c4)c3)n2)cc1. The first kappa shape index (κ1) is 87.5. The van der Waals surface area contributed by atoms with Crippen molar-refractivity contribution in [3.8, 4) is 147 Å². The Labute approximate surface area is 862 Å². The second kappa shape index (κ2) is 36.2. The van der Waals surface area contributed by atoms with Crippen LogP contribution in [0.3, 0.4) is 0 Å². The van der Waals surface area contributed by atoms with Crippen LogP contribution < -0.4 is 0 Å². The van der Waals surface area contributed by atoms with Crippen LogP contribution in [0.15, 0.2) is 496 Å². The maximum Gasteiger partial charge on any atom is 0.164 e. The summed E-state index contributed by atoms with van der Waals surface area (Å²) in [6.45, 7) is 4.71. The standard InChI is InChI=1S/C48H33N3.C45H27N3O.C45H27N3S/c1-48(2)40-19-10-9-18-39(40)44-41(48)27-25-31-21-20-30-22-23-36-28-35(24-26-38(36)42(30)43(31)44)34-16-11-17-37(29-34)47-50-45(32-12-5-3-6-13-32)49-46(51-47)33-14-7-4-8-15-33;2*1-3-10-30(11-4-1)43-46-44(31-12-5-2-6-13-31)48-45(47-43)35-15-9-14-32(27-35)33-22-24-36-34(26-33)21-20-28-18-19-29-23-25-39-42(41(29)40(28)36)37-16-7-8-17-38(37)49-39/h3-29H,1-2H3;2*1-27H. The fourth-order valence-electron chi connectivity index (χ4n) is 22.4. The second-order valence-electron chi connectivity index (χ2n) is 38.9. The van der Waals surface area contributed by atoms with Gasteiger partial charge in [0.25, 0.3) is 0 Å². The van der Waals surface area contributed by atoms with Gasteiger partial charge in [0.05, 0.1) is 0 Å². The van der Waals surface area contributed by atoms with Gasteiger partial charge in [-0.2, -0.15) is 0 Å². The molecule has 0 fully saturated rings. The van der Waals surface area contributed by atoms with E-state index in [9.17, 15) is 0 Å². The highest BCUT2D eigenvalue weighted by Gasteiger charge is 2.37. The minimum Gasteiger partial charge on any atom is -0.456 e. The molecular formula is C138H87N9OS. The highest BCUT2D eigenvalue weighted by Crippen LogP contribution is 2.54. The third kappa shape index (κ3) is 15.6. The molecule has 149 heavy (non-hydrogen) atoms. The number of nitrogens with zero attached hydrogens (tertiary/aromatic N) is 9. The third-order valence-electron chi connectivity index (χ3n) is 29.6. The van der Waals surface area contributed by atoms with Gasteiger partial charge >= 0.3 is 0 Å². The zero-order valence-corrected chi connectivity index (χ0v) is 81.9. The molecule has 0 amide bonds. The molecule has 0 saturated heterocycles. The van der Waals surface area contributed by atoms with E-state index < -0.39 is 0 Å². The molecule has 30 rings (SSSR count). The Bertz CT molecular complexity index is 9890. The fourth-order valence-corrected chi connectivity index (χ4v) is 23.5. The van der Waals surface area contributed by atoms with Crippen LogP contribution in [-0.2, 0) is 5.41 Å². The van der Waals surface area contributed by atoms with Gasteiger partial charge in [0.1, 0.15) is 11.2 Å². The van der Waals surface area contributed by atoms with Crippen molar-refractivity contribution in [2.24, 2.45) is 0 Å². The number of benzene rings is 24. The van der Waals surface area contributed by atoms with E-state index in [-0.39, 0.29) is 5.41 Å². The fraction of sp³-hybridized carbons (Fsp3) is 0.0217.